The number of sulfone groups is 1. The van der Waals surface area contributed by atoms with Crippen molar-refractivity contribution in [2.75, 3.05) is 18.3 Å². The Hall–Kier alpha value is -3.13. The molecule has 0 spiro atoms. The van der Waals surface area contributed by atoms with Crippen LogP contribution in [0.4, 0.5) is 5.69 Å². The predicted octanol–water partition coefficient (Wildman–Crippen LogP) is 3.87. The van der Waals surface area contributed by atoms with E-state index >= 15 is 0 Å². The molecule has 7 nitrogen and oxygen atoms in total. The molecule has 1 amide bonds. The second-order valence-electron chi connectivity index (χ2n) is 8.70. The van der Waals surface area contributed by atoms with E-state index in [1.807, 2.05) is 24.3 Å². The molecule has 1 N–H and O–H groups in total. The summed E-state index contributed by atoms with van der Waals surface area (Å²) in [7, 11) is -1.74. The third kappa shape index (κ3) is 3.50. The maximum absolute atomic E-state index is 13.5. The number of amides is 1. The number of nitrogens with zero attached hydrogens (tertiary/aromatic N) is 2. The van der Waals surface area contributed by atoms with E-state index in [1.54, 1.807) is 24.1 Å². The topological polar surface area (TPSA) is 92.4 Å². The SMILES string of the molecule is COc1ccccc1C1c2c(n[nH]c2C(C)(C)C)C(=O)N1c1ccc(S(C)(=O)=O)cc1. The second-order valence-corrected chi connectivity index (χ2v) is 10.7. The molecule has 1 unspecified atom stereocenters. The van der Waals surface area contributed by atoms with Crippen molar-refractivity contribution >= 4 is 21.4 Å². The zero-order chi connectivity index (χ0) is 22.6. The Morgan fingerprint density at radius 2 is 1.71 bits per heavy atom. The molecule has 0 saturated heterocycles. The minimum Gasteiger partial charge on any atom is -0.496 e. The smallest absolute Gasteiger partial charge is 0.280 e. The quantitative estimate of drug-likeness (QED) is 0.666. The number of rotatable bonds is 4. The summed E-state index contributed by atoms with van der Waals surface area (Å²) >= 11 is 0. The third-order valence-corrected chi connectivity index (χ3v) is 6.61. The van der Waals surface area contributed by atoms with Crippen molar-refractivity contribution < 1.29 is 17.9 Å². The van der Waals surface area contributed by atoms with Crippen LogP contribution < -0.4 is 9.64 Å². The number of para-hydroxylation sites is 1. The Morgan fingerprint density at radius 1 is 1.06 bits per heavy atom. The van der Waals surface area contributed by atoms with Gasteiger partial charge in [-0.3, -0.25) is 14.8 Å². The van der Waals surface area contributed by atoms with Crippen LogP contribution in [0, 0.1) is 0 Å². The van der Waals surface area contributed by atoms with Crippen LogP contribution in [0.3, 0.4) is 0 Å². The number of methoxy groups -OCH3 is 1. The summed E-state index contributed by atoms with van der Waals surface area (Å²) in [5.74, 6) is 0.414. The fourth-order valence-electron chi connectivity index (χ4n) is 4.02. The lowest BCUT2D eigenvalue weighted by molar-refractivity contribution is 0.0988. The van der Waals surface area contributed by atoms with Gasteiger partial charge in [-0.15, -0.1) is 0 Å². The number of carbonyl (C=O) groups is 1. The van der Waals surface area contributed by atoms with Crippen LogP contribution in [0.15, 0.2) is 53.4 Å². The van der Waals surface area contributed by atoms with E-state index in [9.17, 15) is 13.2 Å². The molecular weight excluding hydrogens is 414 g/mol. The summed E-state index contributed by atoms with van der Waals surface area (Å²) in [5.41, 5.74) is 3.21. The van der Waals surface area contributed by atoms with Crippen LogP contribution in [0.5, 0.6) is 5.75 Å². The molecule has 1 aliphatic rings. The lowest BCUT2D eigenvalue weighted by Crippen LogP contribution is -2.30. The van der Waals surface area contributed by atoms with Crippen molar-refractivity contribution in [3.05, 3.63) is 71.0 Å². The summed E-state index contributed by atoms with van der Waals surface area (Å²) < 4.78 is 29.4. The molecule has 31 heavy (non-hydrogen) atoms. The average molecular weight is 440 g/mol. The Morgan fingerprint density at radius 3 is 2.29 bits per heavy atom. The van der Waals surface area contributed by atoms with Crippen molar-refractivity contribution in [2.24, 2.45) is 0 Å². The van der Waals surface area contributed by atoms with Crippen LogP contribution >= 0.6 is 0 Å². The summed E-state index contributed by atoms with van der Waals surface area (Å²) in [6, 6.07) is 13.5. The van der Waals surface area contributed by atoms with E-state index in [0.29, 0.717) is 17.1 Å². The molecule has 1 atom stereocenters. The van der Waals surface area contributed by atoms with Gasteiger partial charge in [0.25, 0.3) is 5.91 Å². The van der Waals surface area contributed by atoms with E-state index < -0.39 is 15.9 Å². The Kier molecular flexibility index (Phi) is 4.93. The highest BCUT2D eigenvalue weighted by molar-refractivity contribution is 7.90. The van der Waals surface area contributed by atoms with Crippen LogP contribution in [-0.4, -0.2) is 37.9 Å². The third-order valence-electron chi connectivity index (χ3n) is 5.48. The van der Waals surface area contributed by atoms with Gasteiger partial charge in [0.15, 0.2) is 15.5 Å². The molecule has 1 aromatic heterocycles. The number of aromatic nitrogens is 2. The maximum Gasteiger partial charge on any atom is 0.280 e. The number of carbonyl (C=O) groups excluding carboxylic acids is 1. The molecule has 0 bridgehead atoms. The Balaban J connectivity index is 1.94. The number of H-pyrrole nitrogens is 1. The minimum atomic E-state index is -3.34. The highest BCUT2D eigenvalue weighted by atomic mass is 32.2. The minimum absolute atomic E-state index is 0.200. The van der Waals surface area contributed by atoms with Crippen LogP contribution in [0.25, 0.3) is 0 Å². The van der Waals surface area contributed by atoms with Gasteiger partial charge in [0.2, 0.25) is 0 Å². The number of aromatic amines is 1. The molecule has 8 heteroatoms. The molecule has 0 aliphatic carbocycles. The van der Waals surface area contributed by atoms with Gasteiger partial charge in [0.05, 0.1) is 18.0 Å². The molecule has 0 saturated carbocycles. The summed E-state index contributed by atoms with van der Waals surface area (Å²) in [6.45, 7) is 6.19. The van der Waals surface area contributed by atoms with Gasteiger partial charge in [-0.05, 0) is 30.3 Å². The summed E-state index contributed by atoms with van der Waals surface area (Å²) in [4.78, 5) is 15.3. The van der Waals surface area contributed by atoms with Crippen molar-refractivity contribution in [1.82, 2.24) is 10.2 Å². The summed E-state index contributed by atoms with van der Waals surface area (Å²) in [6.07, 6.45) is 1.16. The zero-order valence-electron chi connectivity index (χ0n) is 18.1. The lowest BCUT2D eigenvalue weighted by atomic mass is 9.85. The van der Waals surface area contributed by atoms with Gasteiger partial charge >= 0.3 is 0 Å². The number of anilines is 1. The van der Waals surface area contributed by atoms with Crippen molar-refractivity contribution in [2.45, 2.75) is 37.1 Å². The number of ether oxygens (including phenoxy) is 1. The fraction of sp³-hybridized carbons (Fsp3) is 0.304. The Bertz CT molecular complexity index is 1250. The van der Waals surface area contributed by atoms with E-state index in [0.717, 1.165) is 23.1 Å². The van der Waals surface area contributed by atoms with E-state index in [2.05, 4.69) is 31.0 Å². The van der Waals surface area contributed by atoms with Gasteiger partial charge < -0.3 is 4.74 Å². The van der Waals surface area contributed by atoms with Crippen molar-refractivity contribution in [3.63, 3.8) is 0 Å². The highest BCUT2D eigenvalue weighted by Gasteiger charge is 2.45. The first-order chi connectivity index (χ1) is 14.5. The number of nitrogens with one attached hydrogen (secondary N) is 1. The molecule has 4 rings (SSSR count). The number of benzene rings is 2. The summed E-state index contributed by atoms with van der Waals surface area (Å²) in [5, 5.41) is 7.42. The highest BCUT2D eigenvalue weighted by Crippen LogP contribution is 2.47. The van der Waals surface area contributed by atoms with Gasteiger partial charge in [-0.1, -0.05) is 39.0 Å². The molecule has 2 aromatic carbocycles. The number of hydrogen-bond acceptors (Lipinski definition) is 5. The van der Waals surface area contributed by atoms with Gasteiger partial charge in [0.1, 0.15) is 5.75 Å². The lowest BCUT2D eigenvalue weighted by Gasteiger charge is -2.29. The predicted molar refractivity (Wildman–Crippen MR) is 118 cm³/mol. The Labute approximate surface area is 182 Å². The van der Waals surface area contributed by atoms with E-state index in [4.69, 9.17) is 4.74 Å². The molecule has 1 aliphatic heterocycles. The average Bonchev–Trinajstić information content (AvgIpc) is 3.26. The number of fused-ring (bicyclic) bond motifs is 1. The normalized spacial score (nSPS) is 16.5. The maximum atomic E-state index is 13.5. The van der Waals surface area contributed by atoms with Gasteiger partial charge in [-0.2, -0.15) is 5.10 Å². The fourth-order valence-corrected chi connectivity index (χ4v) is 4.65. The largest absolute Gasteiger partial charge is 0.496 e. The standard InChI is InChI=1S/C23H25N3O4S/c1-23(2,3)21-18-19(24-25-21)22(27)26(14-10-12-15(13-11-14)31(5,28)29)20(18)16-8-6-7-9-17(16)30-4/h6-13,20H,1-5H3,(H,24,25). The van der Waals surface area contributed by atoms with Crippen LogP contribution in [0.1, 0.15) is 54.1 Å². The number of hydrogen-bond donors (Lipinski definition) is 1. The molecular formula is C23H25N3O4S. The van der Waals surface area contributed by atoms with Crippen molar-refractivity contribution in [3.8, 4) is 5.75 Å². The zero-order valence-corrected chi connectivity index (χ0v) is 18.9. The monoisotopic (exact) mass is 439 g/mol. The van der Waals surface area contributed by atoms with Gasteiger partial charge in [-0.25, -0.2) is 8.42 Å². The van der Waals surface area contributed by atoms with Gasteiger partial charge in [0, 0.05) is 34.2 Å². The molecule has 0 fully saturated rings. The first-order valence-electron chi connectivity index (χ1n) is 9.89. The van der Waals surface area contributed by atoms with E-state index in [-0.39, 0.29) is 16.2 Å². The molecule has 162 valence electrons. The van der Waals surface area contributed by atoms with Crippen molar-refractivity contribution in [1.29, 1.82) is 0 Å². The molecule has 0 radical (unpaired) electrons. The first-order valence-corrected chi connectivity index (χ1v) is 11.8. The van der Waals surface area contributed by atoms with E-state index in [1.165, 1.54) is 12.1 Å². The van der Waals surface area contributed by atoms with Crippen LogP contribution in [-0.2, 0) is 15.3 Å². The molecule has 3 aromatic rings. The molecule has 2 heterocycles. The second kappa shape index (κ2) is 7.23. The van der Waals surface area contributed by atoms with Crippen LogP contribution in [0.2, 0.25) is 0 Å². The first kappa shape index (κ1) is 21.1.